The Bertz CT molecular complexity index is 1290. The zero-order chi connectivity index (χ0) is 24.4. The van der Waals surface area contributed by atoms with Gasteiger partial charge in [-0.3, -0.25) is 14.5 Å². The van der Waals surface area contributed by atoms with Gasteiger partial charge in [0.2, 0.25) is 12.7 Å². The zero-order valence-corrected chi connectivity index (χ0v) is 19.3. The lowest BCUT2D eigenvalue weighted by Crippen LogP contribution is -2.33. The summed E-state index contributed by atoms with van der Waals surface area (Å²) in [5.41, 5.74) is 2.84. The van der Waals surface area contributed by atoms with Gasteiger partial charge in [0, 0.05) is 30.1 Å². The molecule has 0 saturated carbocycles. The largest absolute Gasteiger partial charge is 0.497 e. The molecule has 5 rings (SSSR count). The molecule has 1 saturated heterocycles. The van der Waals surface area contributed by atoms with Crippen LogP contribution in [0.4, 0.5) is 4.79 Å². The Balaban J connectivity index is 1.09. The van der Waals surface area contributed by atoms with Crippen molar-refractivity contribution in [2.75, 3.05) is 20.4 Å². The molecule has 0 radical (unpaired) electrons. The summed E-state index contributed by atoms with van der Waals surface area (Å²) in [6, 6.07) is 9.93. The van der Waals surface area contributed by atoms with Gasteiger partial charge in [-0.1, -0.05) is 6.07 Å². The highest BCUT2D eigenvalue weighted by Gasteiger charge is 2.38. The zero-order valence-electron chi connectivity index (χ0n) is 19.3. The number of H-pyrrole nitrogens is 1. The molecule has 0 aliphatic carbocycles. The van der Waals surface area contributed by atoms with E-state index in [0.717, 1.165) is 32.7 Å². The number of nitrogens with one attached hydrogen (secondary N) is 3. The maximum atomic E-state index is 12.8. The van der Waals surface area contributed by atoms with Gasteiger partial charge in [0.15, 0.2) is 11.5 Å². The van der Waals surface area contributed by atoms with E-state index in [0.29, 0.717) is 24.5 Å². The summed E-state index contributed by atoms with van der Waals surface area (Å²) in [6.45, 7) is 0.742. The number of carbonyl (C=O) groups excluding carboxylic acids is 3. The van der Waals surface area contributed by atoms with Crippen LogP contribution in [0.3, 0.4) is 0 Å². The minimum Gasteiger partial charge on any atom is -0.497 e. The van der Waals surface area contributed by atoms with E-state index < -0.39 is 12.1 Å². The molecule has 10 nitrogen and oxygen atoms in total. The lowest BCUT2D eigenvalue weighted by atomic mass is 10.1. The summed E-state index contributed by atoms with van der Waals surface area (Å²) >= 11 is 0. The quantitative estimate of drug-likeness (QED) is 0.406. The molecule has 3 aromatic rings. The third-order valence-corrected chi connectivity index (χ3v) is 6.24. The summed E-state index contributed by atoms with van der Waals surface area (Å²) in [6.07, 6.45) is 2.95. The van der Waals surface area contributed by atoms with E-state index in [1.165, 1.54) is 0 Å². The molecule has 3 heterocycles. The number of hydrogen-bond donors (Lipinski definition) is 3. The fourth-order valence-electron chi connectivity index (χ4n) is 4.34. The van der Waals surface area contributed by atoms with Crippen LogP contribution in [0.25, 0.3) is 10.9 Å². The summed E-state index contributed by atoms with van der Waals surface area (Å²) in [5, 5.41) is 6.62. The second-order valence-electron chi connectivity index (χ2n) is 8.48. The number of urea groups is 1. The molecule has 10 heteroatoms. The summed E-state index contributed by atoms with van der Waals surface area (Å²) < 4.78 is 15.9. The van der Waals surface area contributed by atoms with Gasteiger partial charge in [-0.2, -0.15) is 0 Å². The van der Waals surface area contributed by atoms with Crippen LogP contribution in [-0.4, -0.2) is 54.2 Å². The fourth-order valence-corrected chi connectivity index (χ4v) is 4.34. The van der Waals surface area contributed by atoms with Gasteiger partial charge in [-0.05, 0) is 54.3 Å². The second-order valence-corrected chi connectivity index (χ2v) is 8.48. The van der Waals surface area contributed by atoms with Crippen molar-refractivity contribution in [3.63, 3.8) is 0 Å². The number of nitrogens with zero attached hydrogens (tertiary/aromatic N) is 1. The van der Waals surface area contributed by atoms with E-state index >= 15 is 0 Å². The van der Waals surface area contributed by atoms with E-state index in [-0.39, 0.29) is 38.0 Å². The number of aromatic nitrogens is 1. The van der Waals surface area contributed by atoms with Crippen LogP contribution in [0.5, 0.6) is 17.2 Å². The number of benzene rings is 2. The standard InChI is InChI=1S/C25H26N4O6/c1-33-17-3-4-19-18(11-17)16(12-27-19)8-9-26-23(30)7-5-20-24(31)29(25(32)28-20)13-15-2-6-21-22(10-15)35-14-34-21/h2-4,6,10-12,20,27H,5,7-9,13-14H2,1H3,(H,26,30)(H,28,32)/t20-/m0/s1. The molecule has 0 unspecified atom stereocenters. The summed E-state index contributed by atoms with van der Waals surface area (Å²) in [7, 11) is 1.63. The van der Waals surface area contributed by atoms with E-state index in [4.69, 9.17) is 14.2 Å². The van der Waals surface area contributed by atoms with Crippen LogP contribution in [0.2, 0.25) is 0 Å². The Hall–Kier alpha value is -4.21. The summed E-state index contributed by atoms with van der Waals surface area (Å²) in [4.78, 5) is 41.8. The smallest absolute Gasteiger partial charge is 0.325 e. The molecule has 2 aliphatic rings. The van der Waals surface area contributed by atoms with Gasteiger partial charge in [0.25, 0.3) is 5.91 Å². The predicted octanol–water partition coefficient (Wildman–Crippen LogP) is 2.46. The molecule has 1 aromatic heterocycles. The SMILES string of the molecule is COc1ccc2[nH]cc(CCNC(=O)CC[C@@H]3NC(=O)N(Cc4ccc5c(c4)OCO5)C3=O)c2c1. The number of aromatic amines is 1. The van der Waals surface area contributed by atoms with Gasteiger partial charge in [0.1, 0.15) is 11.8 Å². The number of imide groups is 1. The van der Waals surface area contributed by atoms with Crippen LogP contribution < -0.4 is 24.8 Å². The maximum Gasteiger partial charge on any atom is 0.325 e. The number of ether oxygens (including phenoxy) is 3. The number of amides is 4. The first-order valence-electron chi connectivity index (χ1n) is 11.4. The monoisotopic (exact) mass is 478 g/mol. The number of fused-ring (bicyclic) bond motifs is 2. The average molecular weight is 479 g/mol. The molecular formula is C25H26N4O6. The van der Waals surface area contributed by atoms with E-state index in [2.05, 4.69) is 15.6 Å². The van der Waals surface area contributed by atoms with Crippen LogP contribution in [-0.2, 0) is 22.6 Å². The average Bonchev–Trinajstić information content (AvgIpc) is 3.56. The summed E-state index contributed by atoms with van der Waals surface area (Å²) in [5.74, 6) is 1.50. The Morgan fingerprint density at radius 3 is 2.89 bits per heavy atom. The highest BCUT2D eigenvalue weighted by atomic mass is 16.7. The molecule has 0 bridgehead atoms. The van der Waals surface area contributed by atoms with Crippen LogP contribution in [0.1, 0.15) is 24.0 Å². The molecule has 35 heavy (non-hydrogen) atoms. The van der Waals surface area contributed by atoms with Gasteiger partial charge in [0.05, 0.1) is 13.7 Å². The number of hydrogen-bond acceptors (Lipinski definition) is 6. The predicted molar refractivity (Wildman–Crippen MR) is 126 cm³/mol. The maximum absolute atomic E-state index is 12.8. The molecule has 3 N–H and O–H groups in total. The Labute approximate surface area is 201 Å². The second kappa shape index (κ2) is 9.57. The number of rotatable bonds is 9. The van der Waals surface area contributed by atoms with Crippen molar-refractivity contribution in [2.24, 2.45) is 0 Å². The fraction of sp³-hybridized carbons (Fsp3) is 0.320. The Morgan fingerprint density at radius 2 is 2.03 bits per heavy atom. The van der Waals surface area contributed by atoms with Crippen LogP contribution in [0.15, 0.2) is 42.6 Å². The third kappa shape index (κ3) is 4.72. The molecule has 1 fully saturated rings. The first-order valence-corrected chi connectivity index (χ1v) is 11.4. The number of carbonyl (C=O) groups is 3. The molecule has 2 aliphatic heterocycles. The topological polar surface area (TPSA) is 122 Å². The van der Waals surface area contributed by atoms with Crippen LogP contribution in [0, 0.1) is 0 Å². The molecule has 4 amide bonds. The molecule has 1 atom stereocenters. The van der Waals surface area contributed by atoms with Crippen molar-refractivity contribution in [1.29, 1.82) is 0 Å². The normalized spacial score (nSPS) is 16.6. The van der Waals surface area contributed by atoms with Crippen molar-refractivity contribution in [1.82, 2.24) is 20.5 Å². The lowest BCUT2D eigenvalue weighted by Gasteiger charge is -2.13. The Morgan fingerprint density at radius 1 is 1.17 bits per heavy atom. The molecule has 0 spiro atoms. The first-order chi connectivity index (χ1) is 17.0. The van der Waals surface area contributed by atoms with Gasteiger partial charge >= 0.3 is 6.03 Å². The first kappa shape index (κ1) is 22.6. The molecule has 182 valence electrons. The van der Waals surface area contributed by atoms with Gasteiger partial charge in [-0.25, -0.2) is 4.79 Å². The van der Waals surface area contributed by atoms with E-state index in [1.807, 2.05) is 24.4 Å². The number of methoxy groups -OCH3 is 1. The third-order valence-electron chi connectivity index (χ3n) is 6.24. The van der Waals surface area contributed by atoms with Crippen molar-refractivity contribution in [3.05, 3.63) is 53.7 Å². The highest BCUT2D eigenvalue weighted by molar-refractivity contribution is 6.04. The minimum absolute atomic E-state index is 0.124. The van der Waals surface area contributed by atoms with E-state index in [1.54, 1.807) is 25.3 Å². The van der Waals surface area contributed by atoms with Gasteiger partial charge in [-0.15, -0.1) is 0 Å². The molecular weight excluding hydrogens is 452 g/mol. The minimum atomic E-state index is -0.719. The molecule has 2 aromatic carbocycles. The van der Waals surface area contributed by atoms with Crippen molar-refractivity contribution >= 4 is 28.7 Å². The van der Waals surface area contributed by atoms with Crippen molar-refractivity contribution in [3.8, 4) is 17.2 Å². The van der Waals surface area contributed by atoms with Crippen molar-refractivity contribution in [2.45, 2.75) is 31.8 Å². The van der Waals surface area contributed by atoms with E-state index in [9.17, 15) is 14.4 Å². The lowest BCUT2D eigenvalue weighted by molar-refractivity contribution is -0.128. The van der Waals surface area contributed by atoms with Crippen LogP contribution >= 0.6 is 0 Å². The van der Waals surface area contributed by atoms with Crippen molar-refractivity contribution < 1.29 is 28.6 Å². The highest BCUT2D eigenvalue weighted by Crippen LogP contribution is 2.33. The Kier molecular flexibility index (Phi) is 6.17. The van der Waals surface area contributed by atoms with Gasteiger partial charge < -0.3 is 29.8 Å².